The third-order valence-electron chi connectivity index (χ3n) is 2.92. The highest BCUT2D eigenvalue weighted by molar-refractivity contribution is 7.13. The van der Waals surface area contributed by atoms with Gasteiger partial charge in [-0.1, -0.05) is 0 Å². The topological polar surface area (TPSA) is 54.5 Å². The molecule has 1 N–H and O–H groups in total. The summed E-state index contributed by atoms with van der Waals surface area (Å²) in [7, 11) is 3.97. The number of thiazole rings is 1. The van der Waals surface area contributed by atoms with Gasteiger partial charge in [0.15, 0.2) is 0 Å². The molecule has 1 heterocycles. The molecule has 0 atom stereocenters. The predicted octanol–water partition coefficient (Wildman–Crippen LogP) is 3.16. The number of aromatic nitrogens is 1. The molecule has 0 spiro atoms. The van der Waals surface area contributed by atoms with Crippen LogP contribution in [0.2, 0.25) is 0 Å². The number of nitrogens with zero attached hydrogens (tertiary/aromatic N) is 2. The molecule has 0 aliphatic carbocycles. The normalized spacial score (nSPS) is 10.8. The van der Waals surface area contributed by atoms with E-state index in [1.165, 1.54) is 11.3 Å². The molecule has 0 saturated heterocycles. The highest BCUT2D eigenvalue weighted by atomic mass is 32.1. The molecule has 1 aromatic heterocycles. The van der Waals surface area contributed by atoms with Crippen LogP contribution in [-0.2, 0) is 6.54 Å². The highest BCUT2D eigenvalue weighted by Gasteiger charge is 2.15. The lowest BCUT2D eigenvalue weighted by atomic mass is 10.3. The minimum atomic E-state index is -0.121. The van der Waals surface area contributed by atoms with Crippen molar-refractivity contribution in [1.29, 1.82) is 0 Å². The van der Waals surface area contributed by atoms with Crippen LogP contribution in [0, 0.1) is 6.92 Å². The summed E-state index contributed by atoms with van der Waals surface area (Å²) in [6.45, 7) is 5.17. The molecule has 2 aromatic rings. The first-order valence-electron chi connectivity index (χ1n) is 7.15. The number of nitrogens with one attached hydrogen (secondary N) is 1. The molecule has 0 unspecified atom stereocenters. The molecule has 0 radical (unpaired) electrons. The monoisotopic (exact) mass is 319 g/mol. The molecule has 1 amide bonds. The molecule has 0 saturated carbocycles. The van der Waals surface area contributed by atoms with Crippen LogP contribution in [0.25, 0.3) is 0 Å². The zero-order chi connectivity index (χ0) is 16.1. The Balaban J connectivity index is 2.06. The van der Waals surface area contributed by atoms with Gasteiger partial charge < -0.3 is 15.0 Å². The van der Waals surface area contributed by atoms with Crippen molar-refractivity contribution < 1.29 is 9.53 Å². The van der Waals surface area contributed by atoms with Gasteiger partial charge in [-0.3, -0.25) is 4.79 Å². The lowest BCUT2D eigenvalue weighted by molar-refractivity contribution is 0.103. The largest absolute Gasteiger partial charge is 0.494 e. The van der Waals surface area contributed by atoms with Gasteiger partial charge >= 0.3 is 0 Å². The summed E-state index contributed by atoms with van der Waals surface area (Å²) in [6.07, 6.45) is 0. The third kappa shape index (κ3) is 4.29. The van der Waals surface area contributed by atoms with Crippen molar-refractivity contribution in [3.8, 4) is 5.75 Å². The first-order chi connectivity index (χ1) is 10.5. The Morgan fingerprint density at radius 2 is 2.00 bits per heavy atom. The van der Waals surface area contributed by atoms with Gasteiger partial charge in [0.25, 0.3) is 5.91 Å². The zero-order valence-electron chi connectivity index (χ0n) is 13.3. The molecule has 22 heavy (non-hydrogen) atoms. The van der Waals surface area contributed by atoms with E-state index in [1.807, 2.05) is 57.1 Å². The second-order valence-electron chi connectivity index (χ2n) is 5.17. The number of amides is 1. The van der Waals surface area contributed by atoms with E-state index in [-0.39, 0.29) is 5.91 Å². The van der Waals surface area contributed by atoms with Gasteiger partial charge in [-0.05, 0) is 52.2 Å². The van der Waals surface area contributed by atoms with Crippen molar-refractivity contribution in [2.75, 3.05) is 26.0 Å². The van der Waals surface area contributed by atoms with E-state index >= 15 is 0 Å². The van der Waals surface area contributed by atoms with Crippen LogP contribution in [0.3, 0.4) is 0 Å². The molecular formula is C16H21N3O2S. The van der Waals surface area contributed by atoms with Gasteiger partial charge in [0, 0.05) is 12.2 Å². The fraction of sp³-hybridized carbons (Fsp3) is 0.375. The average Bonchev–Trinajstić information content (AvgIpc) is 2.81. The minimum absolute atomic E-state index is 0.121. The van der Waals surface area contributed by atoms with E-state index in [0.29, 0.717) is 11.5 Å². The SMILES string of the molecule is CCOc1ccc(NC(=O)c2sc(CN(C)C)nc2C)cc1. The predicted molar refractivity (Wildman–Crippen MR) is 89.8 cm³/mol. The van der Waals surface area contributed by atoms with Gasteiger partial charge in [-0.15, -0.1) is 11.3 Å². The summed E-state index contributed by atoms with van der Waals surface area (Å²) < 4.78 is 5.38. The van der Waals surface area contributed by atoms with Crippen LogP contribution >= 0.6 is 11.3 Å². The summed E-state index contributed by atoms with van der Waals surface area (Å²) in [5, 5.41) is 3.84. The molecule has 5 nitrogen and oxygen atoms in total. The van der Waals surface area contributed by atoms with Crippen LogP contribution in [0.4, 0.5) is 5.69 Å². The summed E-state index contributed by atoms with van der Waals surface area (Å²) in [4.78, 5) is 19.5. The Hall–Kier alpha value is -1.92. The lowest BCUT2D eigenvalue weighted by Crippen LogP contribution is -2.11. The number of hydrogen-bond acceptors (Lipinski definition) is 5. The van der Waals surface area contributed by atoms with Gasteiger partial charge in [0.05, 0.1) is 12.3 Å². The standard InChI is InChI=1S/C16H21N3O2S/c1-5-21-13-8-6-12(7-9-13)18-16(20)15-11(2)17-14(22-15)10-19(3)4/h6-9H,5,10H2,1-4H3,(H,18,20). The maximum absolute atomic E-state index is 12.4. The Bertz CT molecular complexity index is 635. The van der Waals surface area contributed by atoms with Crippen molar-refractivity contribution in [1.82, 2.24) is 9.88 Å². The van der Waals surface area contributed by atoms with Crippen molar-refractivity contribution in [3.05, 3.63) is 39.8 Å². The zero-order valence-corrected chi connectivity index (χ0v) is 14.2. The quantitative estimate of drug-likeness (QED) is 0.888. The first kappa shape index (κ1) is 16.5. The second-order valence-corrected chi connectivity index (χ2v) is 6.26. The van der Waals surface area contributed by atoms with Crippen molar-refractivity contribution >= 4 is 22.9 Å². The van der Waals surface area contributed by atoms with Gasteiger partial charge in [-0.2, -0.15) is 0 Å². The summed E-state index contributed by atoms with van der Waals surface area (Å²) in [6, 6.07) is 7.35. The van der Waals surface area contributed by atoms with Crippen LogP contribution in [-0.4, -0.2) is 36.5 Å². The molecular weight excluding hydrogens is 298 g/mol. The summed E-state index contributed by atoms with van der Waals surface area (Å²) in [5.41, 5.74) is 1.51. The van der Waals surface area contributed by atoms with E-state index in [4.69, 9.17) is 4.74 Å². The Morgan fingerprint density at radius 3 is 2.59 bits per heavy atom. The Kier molecular flexibility index (Phi) is 5.51. The fourth-order valence-corrected chi connectivity index (χ4v) is 3.07. The first-order valence-corrected chi connectivity index (χ1v) is 7.96. The maximum atomic E-state index is 12.4. The fourth-order valence-electron chi connectivity index (χ4n) is 1.99. The number of rotatable bonds is 6. The molecule has 0 aliphatic heterocycles. The number of carbonyl (C=O) groups is 1. The van der Waals surface area contributed by atoms with Crippen molar-refractivity contribution in [2.24, 2.45) is 0 Å². The number of anilines is 1. The lowest BCUT2D eigenvalue weighted by Gasteiger charge is -2.06. The van der Waals surface area contributed by atoms with E-state index in [1.54, 1.807) is 0 Å². The van der Waals surface area contributed by atoms with Crippen molar-refractivity contribution in [2.45, 2.75) is 20.4 Å². The average molecular weight is 319 g/mol. The number of carbonyl (C=O) groups excluding carboxylic acids is 1. The molecule has 6 heteroatoms. The van der Waals surface area contributed by atoms with E-state index in [9.17, 15) is 4.79 Å². The Morgan fingerprint density at radius 1 is 1.32 bits per heavy atom. The van der Waals surface area contributed by atoms with E-state index in [2.05, 4.69) is 10.3 Å². The van der Waals surface area contributed by atoms with E-state index in [0.717, 1.165) is 28.7 Å². The second kappa shape index (κ2) is 7.38. The number of hydrogen-bond donors (Lipinski definition) is 1. The van der Waals surface area contributed by atoms with E-state index < -0.39 is 0 Å². The van der Waals surface area contributed by atoms with Crippen LogP contribution in [0.5, 0.6) is 5.75 Å². The van der Waals surface area contributed by atoms with Crippen molar-refractivity contribution in [3.63, 3.8) is 0 Å². The molecule has 1 aromatic carbocycles. The smallest absolute Gasteiger partial charge is 0.267 e. The third-order valence-corrected chi connectivity index (χ3v) is 4.06. The maximum Gasteiger partial charge on any atom is 0.267 e. The van der Waals surface area contributed by atoms with Gasteiger partial charge in [0.1, 0.15) is 15.6 Å². The summed E-state index contributed by atoms with van der Waals surface area (Å²) in [5.74, 6) is 0.673. The van der Waals surface area contributed by atoms with Gasteiger partial charge in [-0.25, -0.2) is 4.98 Å². The number of benzene rings is 1. The molecule has 0 fully saturated rings. The van der Waals surface area contributed by atoms with Gasteiger partial charge in [0.2, 0.25) is 0 Å². The summed E-state index contributed by atoms with van der Waals surface area (Å²) >= 11 is 1.44. The minimum Gasteiger partial charge on any atom is -0.494 e. The number of ether oxygens (including phenoxy) is 1. The molecule has 2 rings (SSSR count). The molecule has 118 valence electrons. The highest BCUT2D eigenvalue weighted by Crippen LogP contribution is 2.21. The Labute approximate surface area is 134 Å². The van der Waals surface area contributed by atoms with Crippen LogP contribution < -0.4 is 10.1 Å². The van der Waals surface area contributed by atoms with Crippen LogP contribution in [0.15, 0.2) is 24.3 Å². The van der Waals surface area contributed by atoms with Crippen LogP contribution in [0.1, 0.15) is 27.3 Å². The number of aryl methyl sites for hydroxylation is 1. The molecule has 0 bridgehead atoms. The molecule has 0 aliphatic rings.